The molecule has 0 saturated carbocycles. The first-order chi connectivity index (χ1) is 9.61. The summed E-state index contributed by atoms with van der Waals surface area (Å²) >= 11 is 4.88. The molecule has 6 nitrogen and oxygen atoms in total. The van der Waals surface area contributed by atoms with Crippen molar-refractivity contribution in [3.8, 4) is 5.75 Å². The quantitative estimate of drug-likeness (QED) is 0.552. The highest BCUT2D eigenvalue weighted by atomic mass is 32.1. The maximum Gasteiger partial charge on any atom is 0.336 e. The minimum Gasteiger partial charge on any atom is -0.490 e. The molecule has 0 aliphatic heterocycles. The average Bonchev–Trinajstić information content (AvgIpc) is 2.87. The van der Waals surface area contributed by atoms with Gasteiger partial charge in [-0.25, -0.2) is 4.79 Å². The summed E-state index contributed by atoms with van der Waals surface area (Å²) in [6, 6.07) is 4.69. The van der Waals surface area contributed by atoms with Crippen LogP contribution in [0.3, 0.4) is 0 Å². The molecule has 0 bridgehead atoms. The van der Waals surface area contributed by atoms with Crippen LogP contribution in [0.15, 0.2) is 38.1 Å². The minimum atomic E-state index is -0.483. The molecule has 20 heavy (non-hydrogen) atoms. The number of thiocarbonyl (C=S) groups is 1. The van der Waals surface area contributed by atoms with Crippen molar-refractivity contribution in [2.45, 2.75) is 0 Å². The molecule has 3 N–H and O–H groups in total. The topological polar surface area (TPSA) is 90.6 Å². The van der Waals surface area contributed by atoms with Crippen LogP contribution < -0.4 is 21.4 Å². The van der Waals surface area contributed by atoms with E-state index in [-0.39, 0.29) is 10.7 Å². The lowest BCUT2D eigenvalue weighted by atomic mass is 10.1. The first-order valence-electron chi connectivity index (χ1n) is 5.69. The summed E-state index contributed by atoms with van der Waals surface area (Å²) in [5.74, 6) is 0.353. The van der Waals surface area contributed by atoms with Crippen LogP contribution in [0.4, 0.5) is 5.69 Å². The smallest absolute Gasteiger partial charge is 0.336 e. The van der Waals surface area contributed by atoms with Gasteiger partial charge in [-0.15, -0.1) is 0 Å². The average molecular weight is 290 g/mol. The number of rotatable bonds is 2. The van der Waals surface area contributed by atoms with E-state index in [1.807, 2.05) is 0 Å². The number of benzene rings is 1. The summed E-state index contributed by atoms with van der Waals surface area (Å²) in [7, 11) is 1.48. The van der Waals surface area contributed by atoms with Crippen LogP contribution in [-0.2, 0) is 0 Å². The van der Waals surface area contributed by atoms with Gasteiger partial charge in [-0.1, -0.05) is 0 Å². The summed E-state index contributed by atoms with van der Waals surface area (Å²) < 4.78 is 15.9. The van der Waals surface area contributed by atoms with Crippen molar-refractivity contribution in [1.82, 2.24) is 0 Å². The summed E-state index contributed by atoms with van der Waals surface area (Å²) in [4.78, 5) is 11.4. The predicted molar refractivity (Wildman–Crippen MR) is 79.2 cm³/mol. The largest absolute Gasteiger partial charge is 0.490 e. The second kappa shape index (κ2) is 4.53. The molecule has 2 aromatic heterocycles. The Hall–Kier alpha value is -2.54. The Morgan fingerprint density at radius 3 is 2.75 bits per heavy atom. The van der Waals surface area contributed by atoms with Crippen LogP contribution in [0.5, 0.6) is 5.75 Å². The van der Waals surface area contributed by atoms with Crippen LogP contribution in [0.1, 0.15) is 0 Å². The molecule has 0 fully saturated rings. The molecule has 7 heteroatoms. The molecule has 0 saturated heterocycles. The maximum atomic E-state index is 11.4. The number of hydrogen-bond acceptors (Lipinski definition) is 5. The van der Waals surface area contributed by atoms with Crippen molar-refractivity contribution in [3.05, 3.63) is 34.9 Å². The number of anilines is 1. The van der Waals surface area contributed by atoms with Gasteiger partial charge in [-0.05, 0) is 24.4 Å². The van der Waals surface area contributed by atoms with E-state index < -0.39 is 5.63 Å². The molecule has 0 atom stereocenters. The van der Waals surface area contributed by atoms with Gasteiger partial charge in [-0.3, -0.25) is 0 Å². The molecular weight excluding hydrogens is 280 g/mol. The third-order valence-corrected chi connectivity index (χ3v) is 3.00. The highest BCUT2D eigenvalue weighted by Gasteiger charge is 2.19. The molecular formula is C13H10N2O4S. The molecule has 0 aliphatic rings. The molecule has 102 valence electrons. The highest BCUT2D eigenvalue weighted by Crippen LogP contribution is 2.41. The monoisotopic (exact) mass is 290 g/mol. The van der Waals surface area contributed by atoms with Gasteiger partial charge < -0.3 is 24.6 Å². The Labute approximate surface area is 118 Å². The van der Waals surface area contributed by atoms with Gasteiger partial charge in [0.05, 0.1) is 19.1 Å². The molecule has 0 aliphatic carbocycles. The van der Waals surface area contributed by atoms with Crippen molar-refractivity contribution in [2.24, 2.45) is 5.73 Å². The van der Waals surface area contributed by atoms with Crippen LogP contribution >= 0.6 is 12.2 Å². The fraction of sp³-hybridized carbons (Fsp3) is 0.0769. The molecule has 0 unspecified atom stereocenters. The van der Waals surface area contributed by atoms with E-state index in [4.69, 9.17) is 31.5 Å². The van der Waals surface area contributed by atoms with Crippen molar-refractivity contribution in [3.63, 3.8) is 0 Å². The van der Waals surface area contributed by atoms with Crippen molar-refractivity contribution in [2.75, 3.05) is 12.4 Å². The summed E-state index contributed by atoms with van der Waals surface area (Å²) in [6.45, 7) is 0. The van der Waals surface area contributed by atoms with E-state index in [1.54, 1.807) is 12.1 Å². The zero-order valence-electron chi connectivity index (χ0n) is 10.4. The molecule has 3 aromatic rings. The number of hydrogen-bond donors (Lipinski definition) is 2. The van der Waals surface area contributed by atoms with Gasteiger partial charge in [0.1, 0.15) is 0 Å². The Morgan fingerprint density at radius 2 is 2.05 bits per heavy atom. The minimum absolute atomic E-state index is 0.102. The van der Waals surface area contributed by atoms with Crippen LogP contribution in [-0.4, -0.2) is 12.2 Å². The Kier molecular flexibility index (Phi) is 2.83. The molecule has 3 rings (SSSR count). The van der Waals surface area contributed by atoms with Crippen molar-refractivity contribution < 1.29 is 13.6 Å². The lowest BCUT2D eigenvalue weighted by Crippen LogP contribution is -2.19. The van der Waals surface area contributed by atoms with Gasteiger partial charge in [0.2, 0.25) is 5.75 Å². The number of fused-ring (bicyclic) bond motifs is 2. The van der Waals surface area contributed by atoms with E-state index in [0.717, 1.165) is 5.39 Å². The molecule has 0 spiro atoms. The molecule has 1 aromatic carbocycles. The van der Waals surface area contributed by atoms with Gasteiger partial charge in [0.15, 0.2) is 16.3 Å². The summed E-state index contributed by atoms with van der Waals surface area (Å²) in [6.07, 6.45) is 1.51. The zero-order valence-corrected chi connectivity index (χ0v) is 11.2. The molecule has 0 amide bonds. The number of furan rings is 1. The summed E-state index contributed by atoms with van der Waals surface area (Å²) in [5.41, 5.74) is 6.40. The van der Waals surface area contributed by atoms with Gasteiger partial charge in [-0.2, -0.15) is 0 Å². The Bertz CT molecular complexity index is 881. The first-order valence-corrected chi connectivity index (χ1v) is 6.10. The maximum absolute atomic E-state index is 11.4. The summed E-state index contributed by atoms with van der Waals surface area (Å²) in [5, 5.41) is 4.34. The zero-order chi connectivity index (χ0) is 14.3. The second-order valence-electron chi connectivity index (χ2n) is 4.06. The number of nitrogens with two attached hydrogens (primary N) is 1. The third-order valence-electron chi connectivity index (χ3n) is 2.90. The fourth-order valence-corrected chi connectivity index (χ4v) is 2.26. The lowest BCUT2D eigenvalue weighted by Gasteiger charge is -2.11. The number of ether oxygens (including phenoxy) is 1. The molecule has 2 heterocycles. The third kappa shape index (κ3) is 1.79. The van der Waals surface area contributed by atoms with E-state index in [0.29, 0.717) is 22.4 Å². The van der Waals surface area contributed by atoms with Gasteiger partial charge in [0, 0.05) is 16.8 Å². The van der Waals surface area contributed by atoms with Gasteiger partial charge in [0.25, 0.3) is 0 Å². The first kappa shape index (κ1) is 12.5. The van der Waals surface area contributed by atoms with Gasteiger partial charge >= 0.3 is 5.63 Å². The number of nitrogens with one attached hydrogen (secondary N) is 1. The highest BCUT2D eigenvalue weighted by molar-refractivity contribution is 7.80. The van der Waals surface area contributed by atoms with Crippen LogP contribution in [0, 0.1) is 0 Å². The Morgan fingerprint density at radius 1 is 1.30 bits per heavy atom. The molecule has 0 radical (unpaired) electrons. The van der Waals surface area contributed by atoms with Crippen LogP contribution in [0.2, 0.25) is 0 Å². The van der Waals surface area contributed by atoms with E-state index in [2.05, 4.69) is 5.32 Å². The van der Waals surface area contributed by atoms with Crippen molar-refractivity contribution >= 4 is 45.0 Å². The second-order valence-corrected chi connectivity index (χ2v) is 4.50. The SMILES string of the molecule is COc1c2occc2c(NC(N)=S)c2ccc(=O)oc12. The Balaban J connectivity index is 2.53. The van der Waals surface area contributed by atoms with E-state index in [9.17, 15) is 4.79 Å². The number of methoxy groups -OCH3 is 1. The lowest BCUT2D eigenvalue weighted by molar-refractivity contribution is 0.403. The van der Waals surface area contributed by atoms with E-state index in [1.165, 1.54) is 19.4 Å². The normalized spacial score (nSPS) is 10.8. The van der Waals surface area contributed by atoms with E-state index >= 15 is 0 Å². The van der Waals surface area contributed by atoms with Crippen LogP contribution in [0.25, 0.3) is 21.9 Å². The predicted octanol–water partition coefficient (Wildman–Crippen LogP) is 2.20. The standard InChI is InChI=1S/C13H10N2O4S/c1-17-12-10-7(4-5-18-10)9(15-13(14)20)6-2-3-8(16)19-11(6)12/h2-5H,1H3,(H3,14,15,20). The van der Waals surface area contributed by atoms with Crippen molar-refractivity contribution in [1.29, 1.82) is 0 Å². The fourth-order valence-electron chi connectivity index (χ4n) is 2.16.